The van der Waals surface area contributed by atoms with Gasteiger partial charge in [0.2, 0.25) is 5.91 Å². The van der Waals surface area contributed by atoms with E-state index in [2.05, 4.69) is 20.3 Å². The molecule has 27 heavy (non-hydrogen) atoms. The lowest BCUT2D eigenvalue weighted by Crippen LogP contribution is -2.34. The first-order chi connectivity index (χ1) is 13.1. The third-order valence-corrected chi connectivity index (χ3v) is 5.59. The van der Waals surface area contributed by atoms with Gasteiger partial charge in [0.05, 0.1) is 23.6 Å². The van der Waals surface area contributed by atoms with Crippen molar-refractivity contribution in [2.24, 2.45) is 0 Å². The number of amides is 1. The lowest BCUT2D eigenvalue weighted by atomic mass is 10.0. The van der Waals surface area contributed by atoms with Crippen molar-refractivity contribution in [3.63, 3.8) is 0 Å². The van der Waals surface area contributed by atoms with E-state index in [0.717, 1.165) is 53.2 Å². The maximum atomic E-state index is 13.1. The molecule has 3 aromatic heterocycles. The van der Waals surface area contributed by atoms with Crippen LogP contribution in [0.25, 0.3) is 11.1 Å². The number of carbonyl (C=O) groups is 1. The van der Waals surface area contributed by atoms with Crippen LogP contribution in [0.15, 0.2) is 30.7 Å². The number of aromatic amines is 1. The second-order valence-corrected chi connectivity index (χ2v) is 7.13. The number of H-pyrrole nitrogens is 1. The normalized spacial score (nSPS) is 16.9. The standard InChI is InChI=1S/C20H24N6O/c1-13-14(2)24-26(15(13)3)12-19(27)25-10-4-5-18(25)20-17(11-22-23-20)16-6-8-21-9-7-16/h6-9,11,18H,4-5,10,12H2,1-3H3,(H,22,23)/t18-/m0/s1. The Labute approximate surface area is 158 Å². The van der Waals surface area contributed by atoms with Crippen molar-refractivity contribution in [2.45, 2.75) is 46.2 Å². The topological polar surface area (TPSA) is 79.7 Å². The number of carbonyl (C=O) groups excluding carboxylic acids is 1. The van der Waals surface area contributed by atoms with E-state index in [1.807, 2.05) is 48.7 Å². The Hall–Kier alpha value is -2.96. The fourth-order valence-electron chi connectivity index (χ4n) is 3.84. The van der Waals surface area contributed by atoms with Crippen molar-refractivity contribution in [1.82, 2.24) is 29.9 Å². The predicted octanol–water partition coefficient (Wildman–Crippen LogP) is 2.96. The average molecular weight is 364 g/mol. The first-order valence-electron chi connectivity index (χ1n) is 9.30. The molecule has 0 saturated carbocycles. The molecule has 0 unspecified atom stereocenters. The van der Waals surface area contributed by atoms with Gasteiger partial charge in [0.1, 0.15) is 6.54 Å². The van der Waals surface area contributed by atoms with E-state index in [1.165, 1.54) is 0 Å². The van der Waals surface area contributed by atoms with Gasteiger partial charge in [0.25, 0.3) is 0 Å². The number of aryl methyl sites for hydroxylation is 1. The molecule has 0 bridgehead atoms. The van der Waals surface area contributed by atoms with Crippen LogP contribution in [-0.4, -0.2) is 42.3 Å². The highest BCUT2D eigenvalue weighted by atomic mass is 16.2. The first-order valence-corrected chi connectivity index (χ1v) is 9.30. The van der Waals surface area contributed by atoms with Crippen LogP contribution >= 0.6 is 0 Å². The number of pyridine rings is 1. The van der Waals surface area contributed by atoms with Crippen LogP contribution in [0.1, 0.15) is 41.5 Å². The van der Waals surface area contributed by atoms with Crippen LogP contribution in [0.5, 0.6) is 0 Å². The van der Waals surface area contributed by atoms with Gasteiger partial charge in [-0.3, -0.25) is 19.6 Å². The van der Waals surface area contributed by atoms with Gasteiger partial charge in [-0.2, -0.15) is 10.2 Å². The first kappa shape index (κ1) is 17.5. The summed E-state index contributed by atoms with van der Waals surface area (Å²) in [5, 5.41) is 11.9. The molecule has 1 saturated heterocycles. The maximum Gasteiger partial charge on any atom is 0.244 e. The zero-order chi connectivity index (χ0) is 19.0. The van der Waals surface area contributed by atoms with Crippen molar-refractivity contribution in [2.75, 3.05) is 6.54 Å². The molecule has 0 radical (unpaired) electrons. The summed E-state index contributed by atoms with van der Waals surface area (Å²) in [7, 11) is 0. The average Bonchev–Trinajstić information content (AvgIpc) is 3.39. The van der Waals surface area contributed by atoms with Gasteiger partial charge in [-0.1, -0.05) is 0 Å². The van der Waals surface area contributed by atoms with Crippen molar-refractivity contribution in [3.05, 3.63) is 53.4 Å². The van der Waals surface area contributed by atoms with Gasteiger partial charge in [-0.05, 0) is 56.9 Å². The molecule has 0 aromatic carbocycles. The smallest absolute Gasteiger partial charge is 0.244 e. The van der Waals surface area contributed by atoms with Crippen LogP contribution in [0.4, 0.5) is 0 Å². The van der Waals surface area contributed by atoms with Crippen LogP contribution in [-0.2, 0) is 11.3 Å². The number of likely N-dealkylation sites (tertiary alicyclic amines) is 1. The fraction of sp³-hybridized carbons (Fsp3) is 0.400. The van der Waals surface area contributed by atoms with Gasteiger partial charge in [-0.15, -0.1) is 0 Å². The molecule has 4 heterocycles. The van der Waals surface area contributed by atoms with Gasteiger partial charge in [0.15, 0.2) is 0 Å². The van der Waals surface area contributed by atoms with Gasteiger partial charge >= 0.3 is 0 Å². The largest absolute Gasteiger partial charge is 0.332 e. The Balaban J connectivity index is 1.59. The molecule has 1 amide bonds. The number of rotatable bonds is 4. The summed E-state index contributed by atoms with van der Waals surface area (Å²) in [6.07, 6.45) is 7.29. The quantitative estimate of drug-likeness (QED) is 0.772. The van der Waals surface area contributed by atoms with Crippen molar-refractivity contribution in [3.8, 4) is 11.1 Å². The van der Waals surface area contributed by atoms with Crippen molar-refractivity contribution in [1.29, 1.82) is 0 Å². The fourth-order valence-corrected chi connectivity index (χ4v) is 3.84. The molecule has 7 heteroatoms. The molecular weight excluding hydrogens is 340 g/mol. The number of hydrogen-bond donors (Lipinski definition) is 1. The highest BCUT2D eigenvalue weighted by Gasteiger charge is 2.33. The molecule has 0 spiro atoms. The second kappa shape index (κ2) is 6.98. The minimum absolute atomic E-state index is 0.0150. The summed E-state index contributed by atoms with van der Waals surface area (Å²) in [6.45, 7) is 7.07. The predicted molar refractivity (Wildman–Crippen MR) is 102 cm³/mol. The van der Waals surface area contributed by atoms with E-state index in [-0.39, 0.29) is 18.5 Å². The Kier molecular flexibility index (Phi) is 4.51. The Morgan fingerprint density at radius 3 is 2.74 bits per heavy atom. The zero-order valence-corrected chi connectivity index (χ0v) is 15.9. The van der Waals surface area contributed by atoms with Crippen molar-refractivity contribution >= 4 is 5.91 Å². The SMILES string of the molecule is Cc1nn(CC(=O)N2CCC[C@H]2c2[nH]ncc2-c2ccncc2)c(C)c1C. The van der Waals surface area contributed by atoms with Crippen molar-refractivity contribution < 1.29 is 4.79 Å². The van der Waals surface area contributed by atoms with Crippen LogP contribution < -0.4 is 0 Å². The van der Waals surface area contributed by atoms with Gasteiger partial charge in [0, 0.05) is 30.2 Å². The van der Waals surface area contributed by atoms with Gasteiger partial charge in [-0.25, -0.2) is 0 Å². The molecule has 1 fully saturated rings. The Morgan fingerprint density at radius 2 is 2.04 bits per heavy atom. The van der Waals surface area contributed by atoms with E-state index < -0.39 is 0 Å². The molecule has 140 valence electrons. The molecule has 1 N–H and O–H groups in total. The van der Waals surface area contributed by atoms with E-state index >= 15 is 0 Å². The molecule has 3 aromatic rings. The summed E-state index contributed by atoms with van der Waals surface area (Å²) in [6, 6.07) is 3.95. The Morgan fingerprint density at radius 1 is 1.26 bits per heavy atom. The monoisotopic (exact) mass is 364 g/mol. The van der Waals surface area contributed by atoms with E-state index in [0.29, 0.717) is 0 Å². The molecule has 1 aliphatic rings. The Bertz CT molecular complexity index is 958. The number of nitrogens with one attached hydrogen (secondary N) is 1. The third kappa shape index (κ3) is 3.13. The highest BCUT2D eigenvalue weighted by Crippen LogP contribution is 2.36. The summed E-state index contributed by atoms with van der Waals surface area (Å²) in [5.41, 5.74) is 6.26. The number of hydrogen-bond acceptors (Lipinski definition) is 4. The van der Waals surface area contributed by atoms with E-state index in [1.54, 1.807) is 12.4 Å². The molecule has 7 nitrogen and oxygen atoms in total. The summed E-state index contributed by atoms with van der Waals surface area (Å²) in [4.78, 5) is 19.1. The second-order valence-electron chi connectivity index (χ2n) is 7.13. The maximum absolute atomic E-state index is 13.1. The molecule has 1 aliphatic heterocycles. The lowest BCUT2D eigenvalue weighted by molar-refractivity contribution is -0.133. The summed E-state index contributed by atoms with van der Waals surface area (Å²) < 4.78 is 1.82. The molecule has 4 rings (SSSR count). The van der Waals surface area contributed by atoms with Crippen LogP contribution in [0, 0.1) is 20.8 Å². The minimum Gasteiger partial charge on any atom is -0.332 e. The van der Waals surface area contributed by atoms with Crippen LogP contribution in [0.2, 0.25) is 0 Å². The molecule has 0 aliphatic carbocycles. The molecular formula is C20H24N6O. The third-order valence-electron chi connectivity index (χ3n) is 5.59. The highest BCUT2D eigenvalue weighted by molar-refractivity contribution is 5.77. The minimum atomic E-state index is 0.0150. The van der Waals surface area contributed by atoms with E-state index in [4.69, 9.17) is 0 Å². The number of nitrogens with zero attached hydrogens (tertiary/aromatic N) is 5. The van der Waals surface area contributed by atoms with Crippen LogP contribution in [0.3, 0.4) is 0 Å². The van der Waals surface area contributed by atoms with Gasteiger partial charge < -0.3 is 4.90 Å². The zero-order valence-electron chi connectivity index (χ0n) is 15.9. The summed E-state index contributed by atoms with van der Waals surface area (Å²) in [5.74, 6) is 0.0957. The lowest BCUT2D eigenvalue weighted by Gasteiger charge is -2.25. The summed E-state index contributed by atoms with van der Waals surface area (Å²) >= 11 is 0. The number of aromatic nitrogens is 5. The molecule has 1 atom stereocenters. The van der Waals surface area contributed by atoms with E-state index in [9.17, 15) is 4.79 Å².